The lowest BCUT2D eigenvalue weighted by Crippen LogP contribution is -2.43. The minimum atomic E-state index is -0.675. The van der Waals surface area contributed by atoms with Gasteiger partial charge in [0.1, 0.15) is 11.5 Å². The molecule has 2 heterocycles. The Morgan fingerprint density at radius 2 is 1.84 bits per heavy atom. The molecule has 0 amide bonds. The average Bonchev–Trinajstić information content (AvgIpc) is 2.75. The van der Waals surface area contributed by atoms with E-state index in [1.807, 2.05) is 45.9 Å². The first-order valence-electron chi connectivity index (χ1n) is 11.0. The van der Waals surface area contributed by atoms with Gasteiger partial charge in [-0.2, -0.15) is 0 Å². The van der Waals surface area contributed by atoms with Crippen molar-refractivity contribution in [1.82, 2.24) is 10.6 Å². The Bertz CT molecular complexity index is 998. The maximum absolute atomic E-state index is 9.87. The molecule has 7 heteroatoms. The van der Waals surface area contributed by atoms with E-state index in [-0.39, 0.29) is 12.6 Å². The summed E-state index contributed by atoms with van der Waals surface area (Å²) >= 11 is 0. The lowest BCUT2D eigenvalue weighted by molar-refractivity contribution is -0.201. The van der Waals surface area contributed by atoms with Crippen molar-refractivity contribution in [2.45, 2.75) is 58.5 Å². The zero-order chi connectivity index (χ0) is 22.8. The van der Waals surface area contributed by atoms with Gasteiger partial charge < -0.3 is 34.7 Å². The van der Waals surface area contributed by atoms with Gasteiger partial charge in [0.2, 0.25) is 11.6 Å². The Morgan fingerprint density at radius 3 is 2.66 bits per heavy atom. The monoisotopic (exact) mass is 440 g/mol. The Balaban J connectivity index is 1.33. The number of hydrogen-bond donors (Lipinski definition) is 3. The second-order valence-electron chi connectivity index (χ2n) is 9.12. The lowest BCUT2D eigenvalue weighted by Gasteiger charge is -2.35. The van der Waals surface area contributed by atoms with Crippen molar-refractivity contribution in [2.75, 3.05) is 26.3 Å². The van der Waals surface area contributed by atoms with Crippen molar-refractivity contribution in [1.29, 1.82) is 0 Å². The summed E-state index contributed by atoms with van der Waals surface area (Å²) in [5.74, 6) is 0.360. The highest BCUT2D eigenvalue weighted by atomic mass is 16.7. The molecule has 1 fully saturated rings. The second kappa shape index (κ2) is 9.26. The van der Waals surface area contributed by atoms with Crippen LogP contribution in [0.15, 0.2) is 52.6 Å². The lowest BCUT2D eigenvalue weighted by atomic mass is 10.0. The Kier molecular flexibility index (Phi) is 6.61. The normalized spacial score (nSPS) is 21.2. The van der Waals surface area contributed by atoms with Crippen LogP contribution in [0.4, 0.5) is 0 Å². The first-order valence-corrected chi connectivity index (χ1v) is 11.0. The summed E-state index contributed by atoms with van der Waals surface area (Å²) < 4.78 is 23.5. The van der Waals surface area contributed by atoms with E-state index in [0.717, 1.165) is 33.8 Å². The summed E-state index contributed by atoms with van der Waals surface area (Å²) in [6.45, 7) is 10.4. The molecule has 1 atom stereocenters. The molecule has 172 valence electrons. The first kappa shape index (κ1) is 22.8. The van der Waals surface area contributed by atoms with Gasteiger partial charge >= 0.3 is 0 Å². The van der Waals surface area contributed by atoms with Gasteiger partial charge in [-0.1, -0.05) is 29.7 Å². The van der Waals surface area contributed by atoms with Crippen molar-refractivity contribution >= 4 is 0 Å². The molecule has 4 rings (SSSR count). The van der Waals surface area contributed by atoms with Crippen molar-refractivity contribution in [3.8, 4) is 5.75 Å². The van der Waals surface area contributed by atoms with Gasteiger partial charge in [0.25, 0.3) is 0 Å². The number of para-hydroxylation sites is 1. The number of benzene rings is 1. The number of rotatable bonds is 8. The van der Waals surface area contributed by atoms with Gasteiger partial charge in [0.05, 0.1) is 25.4 Å². The van der Waals surface area contributed by atoms with E-state index < -0.39 is 11.6 Å². The van der Waals surface area contributed by atoms with E-state index in [4.69, 9.17) is 18.9 Å². The second-order valence-corrected chi connectivity index (χ2v) is 9.12. The van der Waals surface area contributed by atoms with Crippen LogP contribution < -0.4 is 15.4 Å². The minimum Gasteiger partial charge on any atom is -0.462 e. The van der Waals surface area contributed by atoms with Gasteiger partial charge in [-0.15, -0.1) is 0 Å². The highest BCUT2D eigenvalue weighted by Crippen LogP contribution is 2.34. The maximum atomic E-state index is 9.87. The number of hydrogen-bond acceptors (Lipinski definition) is 7. The predicted molar refractivity (Wildman–Crippen MR) is 120 cm³/mol. The van der Waals surface area contributed by atoms with Crippen molar-refractivity contribution < 1.29 is 24.1 Å². The summed E-state index contributed by atoms with van der Waals surface area (Å²) in [5, 5.41) is 16.7. The highest BCUT2D eigenvalue weighted by molar-refractivity contribution is 5.43. The van der Waals surface area contributed by atoms with Gasteiger partial charge in [-0.3, -0.25) is 0 Å². The van der Waals surface area contributed by atoms with Crippen LogP contribution >= 0.6 is 0 Å². The number of fused-ring (bicyclic) bond motifs is 2. The summed E-state index contributed by atoms with van der Waals surface area (Å²) in [7, 11) is 0. The molecule has 3 N–H and O–H groups in total. The molecule has 0 radical (unpaired) electrons. The van der Waals surface area contributed by atoms with E-state index in [1.54, 1.807) is 0 Å². The van der Waals surface area contributed by atoms with E-state index in [2.05, 4.69) is 28.2 Å². The summed E-state index contributed by atoms with van der Waals surface area (Å²) in [5.41, 5.74) is 10.1. The molecule has 0 bridgehead atoms. The van der Waals surface area contributed by atoms with Crippen LogP contribution in [-0.2, 0) is 27.4 Å². The molecular formula is C25H32N2O5. The van der Waals surface area contributed by atoms with E-state index in [0.29, 0.717) is 32.8 Å². The Morgan fingerprint density at radius 1 is 1.06 bits per heavy atom. The molecule has 1 unspecified atom stereocenters. The van der Waals surface area contributed by atoms with Crippen LogP contribution in [0.5, 0.6) is 5.75 Å². The molecule has 1 aliphatic carbocycles. The van der Waals surface area contributed by atoms with Gasteiger partial charge in [0, 0.05) is 70.1 Å². The molecular weight excluding hydrogens is 408 g/mol. The number of nitrogens with one attached hydrogen (secondary N) is 2. The topological polar surface area (TPSA) is 81.2 Å². The summed E-state index contributed by atoms with van der Waals surface area (Å²) in [6, 6.07) is 5.97. The third-order valence-corrected chi connectivity index (χ3v) is 5.56. The average molecular weight is 441 g/mol. The fourth-order valence-corrected chi connectivity index (χ4v) is 3.79. The molecule has 0 spiro atoms. The van der Waals surface area contributed by atoms with Crippen LogP contribution in [0.2, 0.25) is 0 Å². The third kappa shape index (κ3) is 5.34. The number of aliphatic hydroxyl groups is 1. The summed E-state index contributed by atoms with van der Waals surface area (Å²) in [6.07, 6.45) is 1.87. The fourth-order valence-electron chi connectivity index (χ4n) is 3.79. The van der Waals surface area contributed by atoms with Crippen molar-refractivity contribution in [2.24, 2.45) is 0 Å². The highest BCUT2D eigenvalue weighted by Gasteiger charge is 2.32. The van der Waals surface area contributed by atoms with Crippen LogP contribution in [-0.4, -0.2) is 49.0 Å². The molecule has 0 saturated carbocycles. The van der Waals surface area contributed by atoms with Crippen LogP contribution in [0.1, 0.15) is 38.8 Å². The molecule has 1 aromatic carbocycles. The first-order chi connectivity index (χ1) is 15.3. The third-order valence-electron chi connectivity index (χ3n) is 5.56. The van der Waals surface area contributed by atoms with Gasteiger partial charge in [-0.25, -0.2) is 0 Å². The maximum Gasteiger partial charge on any atom is 0.205 e. The van der Waals surface area contributed by atoms with Gasteiger partial charge in [-0.05, 0) is 6.08 Å². The molecule has 3 aliphatic rings. The molecule has 2 aliphatic heterocycles. The molecule has 0 aromatic heterocycles. The van der Waals surface area contributed by atoms with E-state index >= 15 is 0 Å². The summed E-state index contributed by atoms with van der Waals surface area (Å²) in [4.78, 5) is 0. The van der Waals surface area contributed by atoms with Gasteiger partial charge in [0.15, 0.2) is 0 Å². The number of aliphatic hydroxyl groups excluding tert-OH is 1. The van der Waals surface area contributed by atoms with E-state index in [9.17, 15) is 5.11 Å². The van der Waals surface area contributed by atoms with E-state index in [1.165, 1.54) is 0 Å². The smallest absolute Gasteiger partial charge is 0.205 e. The molecule has 1 saturated heterocycles. The quantitative estimate of drug-likeness (QED) is 0.536. The van der Waals surface area contributed by atoms with Crippen LogP contribution in [0.3, 0.4) is 0 Å². The largest absolute Gasteiger partial charge is 0.462 e. The van der Waals surface area contributed by atoms with Crippen molar-refractivity contribution in [3.63, 3.8) is 0 Å². The zero-order valence-electron chi connectivity index (χ0n) is 19.2. The van der Waals surface area contributed by atoms with Crippen LogP contribution in [0, 0.1) is 0 Å². The zero-order valence-corrected chi connectivity index (χ0v) is 19.2. The minimum absolute atomic E-state index is 0.0115. The number of ether oxygens (including phenoxy) is 4. The Hall–Kier alpha value is -2.34. The van der Waals surface area contributed by atoms with Crippen LogP contribution in [0.25, 0.3) is 0 Å². The molecule has 7 nitrogen and oxygen atoms in total. The Labute approximate surface area is 189 Å². The van der Waals surface area contributed by atoms with Crippen molar-refractivity contribution in [3.05, 3.63) is 63.8 Å². The standard InChI is InChI=1S/C25H32N2O5/c1-24(2)29-15-19-9-5-7-17(22(19)31-24)11-26-13-21(14-28)27-12-18-8-6-10-20-16-30-25(3,4)32-23(18)20/h5,7-9,21,26-28H,11-16H2,1-4H3. The predicted octanol–water partition coefficient (Wildman–Crippen LogP) is 2.66. The molecule has 32 heavy (non-hydrogen) atoms. The fraction of sp³-hybridized carbons (Fsp3) is 0.520. The SMILES string of the molecule is CC1(C)OCC2=C=C=CC(CNC(CO)CNCc3cccc4c3OC(C)(C)OC4)=C2O1. The molecule has 1 aromatic rings.